The van der Waals surface area contributed by atoms with Crippen LogP contribution in [0, 0.1) is 12.8 Å². The highest BCUT2D eigenvalue weighted by atomic mass is 35.5. The number of halogens is 4. The van der Waals surface area contributed by atoms with Crippen molar-refractivity contribution in [3.8, 4) is 0 Å². The van der Waals surface area contributed by atoms with Crippen molar-refractivity contribution in [1.29, 1.82) is 0 Å². The van der Waals surface area contributed by atoms with Crippen molar-refractivity contribution >= 4 is 40.6 Å². The number of likely N-dealkylation sites (N-methyl/N-ethyl adjacent to an activating group) is 2. The molecule has 0 saturated carbocycles. The second-order valence-corrected chi connectivity index (χ2v) is 10.3. The van der Waals surface area contributed by atoms with Gasteiger partial charge in [0.2, 0.25) is 11.8 Å². The number of pyridine rings is 1. The van der Waals surface area contributed by atoms with E-state index in [0.29, 0.717) is 36.2 Å². The Bertz CT molecular complexity index is 1210. The van der Waals surface area contributed by atoms with Crippen LogP contribution >= 0.6 is 11.6 Å². The zero-order valence-corrected chi connectivity index (χ0v) is 22.5. The summed E-state index contributed by atoms with van der Waals surface area (Å²) in [6, 6.07) is 5.95. The molecule has 2 aliphatic rings. The summed E-state index contributed by atoms with van der Waals surface area (Å²) in [6.07, 6.45) is -4.63. The Morgan fingerprint density at radius 3 is 2.61 bits per heavy atom. The molecule has 4 rings (SSSR count). The minimum Gasteiger partial charge on any atom is -0.378 e. The predicted octanol–water partition coefficient (Wildman–Crippen LogP) is 3.84. The van der Waals surface area contributed by atoms with Crippen molar-refractivity contribution in [3.05, 3.63) is 46.6 Å². The molecule has 0 radical (unpaired) electrons. The molecule has 0 spiro atoms. The van der Waals surface area contributed by atoms with E-state index in [2.05, 4.69) is 4.98 Å². The van der Waals surface area contributed by atoms with E-state index in [1.54, 1.807) is 25.2 Å². The first kappa shape index (κ1) is 28.1. The van der Waals surface area contributed by atoms with Gasteiger partial charge in [-0.15, -0.1) is 0 Å². The quantitative estimate of drug-likeness (QED) is 0.485. The van der Waals surface area contributed by atoms with E-state index in [1.807, 2.05) is 23.9 Å². The van der Waals surface area contributed by atoms with Crippen LogP contribution in [0.2, 0.25) is 5.02 Å². The van der Waals surface area contributed by atoms with Crippen molar-refractivity contribution < 1.29 is 27.5 Å². The lowest BCUT2D eigenvalue weighted by molar-refractivity contribution is -0.137. The zero-order valence-electron chi connectivity index (χ0n) is 21.8. The fourth-order valence-electron chi connectivity index (χ4n) is 4.99. The van der Waals surface area contributed by atoms with Gasteiger partial charge in [-0.2, -0.15) is 13.2 Å². The van der Waals surface area contributed by atoms with Crippen molar-refractivity contribution in [2.75, 3.05) is 68.7 Å². The van der Waals surface area contributed by atoms with Gasteiger partial charge in [0.15, 0.2) is 0 Å². The highest BCUT2D eigenvalue weighted by Crippen LogP contribution is 2.42. The number of nitrogens with zero attached hydrogens (tertiary/aromatic N) is 5. The van der Waals surface area contributed by atoms with Gasteiger partial charge in [-0.3, -0.25) is 14.5 Å². The molecule has 2 atom stereocenters. The minimum atomic E-state index is -4.62. The van der Waals surface area contributed by atoms with E-state index in [1.165, 1.54) is 11.8 Å². The number of para-hydroxylation sites is 1. The van der Waals surface area contributed by atoms with Crippen LogP contribution in [0.15, 0.2) is 30.3 Å². The number of ether oxygens (including phenoxy) is 1. The average Bonchev–Trinajstić information content (AvgIpc) is 3.15. The summed E-state index contributed by atoms with van der Waals surface area (Å²) in [5.74, 6) is -1.54. The van der Waals surface area contributed by atoms with Crippen molar-refractivity contribution in [1.82, 2.24) is 9.88 Å². The van der Waals surface area contributed by atoms with E-state index in [-0.39, 0.29) is 24.5 Å². The van der Waals surface area contributed by atoms with Crippen LogP contribution in [0.5, 0.6) is 0 Å². The first-order valence-corrected chi connectivity index (χ1v) is 12.7. The number of rotatable bonds is 7. The van der Waals surface area contributed by atoms with Crippen molar-refractivity contribution in [2.24, 2.45) is 5.92 Å². The Morgan fingerprint density at radius 1 is 1.18 bits per heavy atom. The summed E-state index contributed by atoms with van der Waals surface area (Å²) in [5.41, 5.74) is 0.378. The monoisotopic (exact) mass is 553 g/mol. The minimum absolute atomic E-state index is 0.0149. The summed E-state index contributed by atoms with van der Waals surface area (Å²) in [5, 5.41) is 0.449. The number of benzene rings is 1. The number of fused-ring (bicyclic) bond motifs is 2. The molecule has 0 bridgehead atoms. The number of carbonyl (C=O) groups excluding carboxylic acids is 2. The third-order valence-corrected chi connectivity index (χ3v) is 7.12. The summed E-state index contributed by atoms with van der Waals surface area (Å²) >= 11 is 6.61. The maximum absolute atomic E-state index is 13.8. The highest BCUT2D eigenvalue weighted by molar-refractivity contribution is 6.34. The molecule has 1 aromatic carbocycles. The van der Waals surface area contributed by atoms with Crippen LogP contribution in [0.3, 0.4) is 0 Å². The fraction of sp³-hybridized carbons (Fsp3) is 0.500. The molecular formula is C26H31ClF3N5O3. The van der Waals surface area contributed by atoms with Crippen LogP contribution in [0.4, 0.5) is 30.4 Å². The zero-order chi connectivity index (χ0) is 27.8. The Morgan fingerprint density at radius 2 is 1.92 bits per heavy atom. The summed E-state index contributed by atoms with van der Waals surface area (Å²) in [6.45, 7) is 3.85. The molecule has 2 aromatic rings. The molecule has 1 saturated heterocycles. The number of amides is 2. The second kappa shape index (κ2) is 11.1. The molecule has 206 valence electrons. The van der Waals surface area contributed by atoms with Crippen LogP contribution in [0.25, 0.3) is 0 Å². The number of carbonyl (C=O) groups is 2. The van der Waals surface area contributed by atoms with E-state index in [9.17, 15) is 22.8 Å². The molecule has 1 aromatic heterocycles. The predicted molar refractivity (Wildman–Crippen MR) is 140 cm³/mol. The number of hydrogen-bond acceptors (Lipinski definition) is 6. The number of aromatic nitrogens is 1. The topological polar surface area (TPSA) is 69.2 Å². The van der Waals surface area contributed by atoms with Crippen LogP contribution in [-0.4, -0.2) is 81.7 Å². The first-order valence-electron chi connectivity index (χ1n) is 12.3. The van der Waals surface area contributed by atoms with Gasteiger partial charge in [-0.05, 0) is 45.3 Å². The third kappa shape index (κ3) is 5.74. The van der Waals surface area contributed by atoms with Gasteiger partial charge in [-0.1, -0.05) is 17.7 Å². The third-order valence-electron chi connectivity index (χ3n) is 6.81. The van der Waals surface area contributed by atoms with Crippen LogP contribution in [-0.2, 0) is 20.5 Å². The van der Waals surface area contributed by atoms with E-state index in [4.69, 9.17) is 16.3 Å². The molecular weight excluding hydrogens is 523 g/mol. The average molecular weight is 554 g/mol. The molecule has 0 unspecified atom stereocenters. The maximum atomic E-state index is 13.8. The van der Waals surface area contributed by atoms with Gasteiger partial charge in [0.1, 0.15) is 11.9 Å². The standard InChI is InChI=1S/C26H31ClF3N5O3/c1-16-12-18(26(28,29)30)14-21(31-16)35-22(36)13-17-15-34(9-11-38-10-8-32(2)3)24-19(27)6-5-7-20(24)33(4)25(37)23(17)35/h5-7,12,14,17,23H,8-11,13,15H2,1-4H3/t17-,23+/m1/s1. The number of alkyl halides is 3. The Hall–Kier alpha value is -2.89. The van der Waals surface area contributed by atoms with E-state index >= 15 is 0 Å². The fourth-order valence-corrected chi connectivity index (χ4v) is 5.28. The van der Waals surface area contributed by atoms with Crippen LogP contribution < -0.4 is 14.7 Å². The molecule has 1 fully saturated rings. The largest absolute Gasteiger partial charge is 0.416 e. The van der Waals surface area contributed by atoms with Crippen molar-refractivity contribution in [3.63, 3.8) is 0 Å². The number of aryl methyl sites for hydroxylation is 1. The molecule has 3 heterocycles. The summed E-state index contributed by atoms with van der Waals surface area (Å²) in [4.78, 5) is 37.8. The Balaban J connectivity index is 1.71. The van der Waals surface area contributed by atoms with Gasteiger partial charge < -0.3 is 19.4 Å². The summed E-state index contributed by atoms with van der Waals surface area (Å²) < 4.78 is 46.5. The highest BCUT2D eigenvalue weighted by Gasteiger charge is 2.49. The van der Waals surface area contributed by atoms with Crippen molar-refractivity contribution in [2.45, 2.75) is 25.6 Å². The molecule has 38 heavy (non-hydrogen) atoms. The number of anilines is 3. The molecule has 2 aliphatic heterocycles. The van der Waals surface area contributed by atoms with E-state index < -0.39 is 35.5 Å². The molecule has 0 aliphatic carbocycles. The van der Waals surface area contributed by atoms with Crippen LogP contribution in [0.1, 0.15) is 17.7 Å². The smallest absolute Gasteiger partial charge is 0.378 e. The van der Waals surface area contributed by atoms with Gasteiger partial charge in [0.05, 0.1) is 35.2 Å². The summed E-state index contributed by atoms with van der Waals surface area (Å²) in [7, 11) is 5.49. The van der Waals surface area contributed by atoms with Gasteiger partial charge in [0.25, 0.3) is 0 Å². The Kier molecular flexibility index (Phi) is 8.20. The molecule has 8 nitrogen and oxygen atoms in total. The molecule has 0 N–H and O–H groups in total. The normalized spacial score (nSPS) is 20.1. The lowest BCUT2D eigenvalue weighted by Gasteiger charge is -2.39. The van der Waals surface area contributed by atoms with E-state index in [0.717, 1.165) is 23.6 Å². The van der Waals surface area contributed by atoms with Gasteiger partial charge in [0, 0.05) is 44.7 Å². The lowest BCUT2D eigenvalue weighted by atomic mass is 9.95. The second-order valence-electron chi connectivity index (χ2n) is 9.89. The Labute approximate surface area is 224 Å². The SMILES string of the molecule is Cc1cc(C(F)(F)F)cc(N2C(=O)C[C@@H]3CN(CCOCCN(C)C)c4c(Cl)cccc4N(C)C(=O)[C@H]32)n1. The van der Waals surface area contributed by atoms with Gasteiger partial charge in [-0.25, -0.2) is 4.98 Å². The molecule has 12 heteroatoms. The maximum Gasteiger partial charge on any atom is 0.416 e. The first-order chi connectivity index (χ1) is 17.9. The van der Waals surface area contributed by atoms with Gasteiger partial charge >= 0.3 is 6.18 Å². The lowest BCUT2D eigenvalue weighted by Crippen LogP contribution is -2.52. The molecule has 2 amide bonds. The number of hydrogen-bond donors (Lipinski definition) is 0.